The number of nitrogens with zero attached hydrogens (tertiary/aromatic N) is 1. The smallest absolute Gasteiger partial charge is 0.263 e. The quantitative estimate of drug-likeness (QED) is 0.255. The van der Waals surface area contributed by atoms with Gasteiger partial charge in [-0.15, -0.1) is 0 Å². The minimum atomic E-state index is -0.475. The first kappa shape index (κ1) is 29.7. The topological polar surface area (TPSA) is 101 Å². The van der Waals surface area contributed by atoms with Crippen LogP contribution in [-0.2, 0) is 18.4 Å². The summed E-state index contributed by atoms with van der Waals surface area (Å²) < 4.78 is 22.4. The summed E-state index contributed by atoms with van der Waals surface area (Å²) in [6.07, 6.45) is 2.89. The molecule has 0 spiro atoms. The average Bonchev–Trinajstić information content (AvgIpc) is 3.41. The number of carbonyl (C=O) groups excluding carboxylic acids is 2. The summed E-state index contributed by atoms with van der Waals surface area (Å²) in [5.41, 5.74) is 5.87. The van der Waals surface area contributed by atoms with Gasteiger partial charge in [-0.1, -0.05) is 30.3 Å². The van der Waals surface area contributed by atoms with E-state index in [1.54, 1.807) is 25.4 Å². The Labute approximate surface area is 249 Å². The van der Waals surface area contributed by atoms with Crippen LogP contribution >= 0.6 is 0 Å². The lowest BCUT2D eigenvalue weighted by Gasteiger charge is -2.18. The predicted molar refractivity (Wildman–Crippen MR) is 166 cm³/mol. The van der Waals surface area contributed by atoms with Crippen molar-refractivity contribution < 1.29 is 18.7 Å². The third-order valence-corrected chi connectivity index (χ3v) is 8.04. The number of aryl methyl sites for hydroxylation is 1. The number of rotatable bonds is 9. The third kappa shape index (κ3) is 6.22. The molecule has 0 bridgehead atoms. The number of amides is 2. The van der Waals surface area contributed by atoms with Crippen LogP contribution in [0, 0.1) is 19.7 Å². The Kier molecular flexibility index (Phi) is 8.73. The van der Waals surface area contributed by atoms with E-state index in [-0.39, 0.29) is 35.4 Å². The van der Waals surface area contributed by atoms with Crippen LogP contribution in [0.2, 0.25) is 0 Å². The first-order valence-corrected chi connectivity index (χ1v) is 14.2. The summed E-state index contributed by atoms with van der Waals surface area (Å²) in [5.74, 6) is -0.369. The first-order chi connectivity index (χ1) is 20.7. The molecule has 3 aromatic carbocycles. The Bertz CT molecular complexity index is 1760. The van der Waals surface area contributed by atoms with Gasteiger partial charge in [0.05, 0.1) is 7.11 Å². The van der Waals surface area contributed by atoms with Crippen LogP contribution in [-0.4, -0.2) is 36.1 Å². The van der Waals surface area contributed by atoms with Gasteiger partial charge in [-0.05, 0) is 84.0 Å². The van der Waals surface area contributed by atoms with Crippen molar-refractivity contribution in [1.29, 1.82) is 0 Å². The molecular weight excluding hydrogens is 547 g/mol. The van der Waals surface area contributed by atoms with Crippen LogP contribution in [0.5, 0.6) is 5.75 Å². The maximum Gasteiger partial charge on any atom is 0.263 e. The van der Waals surface area contributed by atoms with Crippen molar-refractivity contribution in [3.8, 4) is 28.0 Å². The number of benzene rings is 3. The van der Waals surface area contributed by atoms with Crippen molar-refractivity contribution in [2.45, 2.75) is 39.3 Å². The van der Waals surface area contributed by atoms with E-state index in [1.807, 2.05) is 50.2 Å². The maximum absolute atomic E-state index is 15.5. The Morgan fingerprint density at radius 2 is 1.74 bits per heavy atom. The van der Waals surface area contributed by atoms with Gasteiger partial charge in [0.25, 0.3) is 11.5 Å². The van der Waals surface area contributed by atoms with Gasteiger partial charge in [0.1, 0.15) is 17.1 Å². The van der Waals surface area contributed by atoms with Crippen LogP contribution in [0.4, 0.5) is 10.1 Å². The molecule has 1 saturated heterocycles. The van der Waals surface area contributed by atoms with E-state index in [9.17, 15) is 14.4 Å². The fraction of sp³-hybridized carbons (Fsp3) is 0.265. The zero-order valence-electron chi connectivity index (χ0n) is 24.7. The number of methoxy groups -OCH3 is 1. The lowest BCUT2D eigenvalue weighted by molar-refractivity contribution is -0.119. The largest absolute Gasteiger partial charge is 0.496 e. The Hall–Kier alpha value is -4.76. The highest BCUT2D eigenvalue weighted by Crippen LogP contribution is 2.37. The van der Waals surface area contributed by atoms with Crippen LogP contribution in [0.3, 0.4) is 0 Å². The molecule has 9 heteroatoms. The Morgan fingerprint density at radius 1 is 1.02 bits per heavy atom. The van der Waals surface area contributed by atoms with Crippen molar-refractivity contribution in [2.24, 2.45) is 7.05 Å². The number of carbonyl (C=O) groups is 2. The molecular formula is C34H35FN4O4. The lowest BCUT2D eigenvalue weighted by atomic mass is 9.90. The van der Waals surface area contributed by atoms with Gasteiger partial charge in [0, 0.05) is 50.0 Å². The molecule has 0 aliphatic carbocycles. The SMILES string of the molecule is COc1cc(-c2cccc(-c3cccc(NC(=O)c4cccn(C)c4=O)c3C)c2C)cc(F)c1CNC[C@@H]1CCC(=O)N1. The number of ether oxygens (including phenoxy) is 1. The highest BCUT2D eigenvalue weighted by atomic mass is 19.1. The molecule has 0 unspecified atom stereocenters. The molecule has 8 nitrogen and oxygen atoms in total. The number of halogens is 1. The number of anilines is 1. The number of aromatic nitrogens is 1. The van der Waals surface area contributed by atoms with E-state index in [0.717, 1.165) is 34.2 Å². The molecule has 2 amide bonds. The van der Waals surface area contributed by atoms with Gasteiger partial charge < -0.3 is 25.3 Å². The second kappa shape index (κ2) is 12.6. The molecule has 1 aromatic heterocycles. The van der Waals surface area contributed by atoms with E-state index < -0.39 is 5.91 Å². The molecule has 1 fully saturated rings. The van der Waals surface area contributed by atoms with E-state index in [4.69, 9.17) is 4.74 Å². The Morgan fingerprint density at radius 3 is 2.47 bits per heavy atom. The van der Waals surface area contributed by atoms with Gasteiger partial charge in [-0.2, -0.15) is 0 Å². The third-order valence-electron chi connectivity index (χ3n) is 8.04. The van der Waals surface area contributed by atoms with Crippen molar-refractivity contribution in [3.05, 3.63) is 105 Å². The highest BCUT2D eigenvalue weighted by Gasteiger charge is 2.21. The van der Waals surface area contributed by atoms with Crippen molar-refractivity contribution in [1.82, 2.24) is 15.2 Å². The number of hydrogen-bond donors (Lipinski definition) is 3. The highest BCUT2D eigenvalue weighted by molar-refractivity contribution is 6.05. The molecule has 1 atom stereocenters. The molecule has 43 heavy (non-hydrogen) atoms. The minimum absolute atomic E-state index is 0.0449. The van der Waals surface area contributed by atoms with E-state index in [2.05, 4.69) is 16.0 Å². The maximum atomic E-state index is 15.5. The van der Waals surface area contributed by atoms with E-state index in [1.165, 1.54) is 23.8 Å². The summed E-state index contributed by atoms with van der Waals surface area (Å²) in [4.78, 5) is 36.9. The summed E-state index contributed by atoms with van der Waals surface area (Å²) in [6, 6.07) is 18.1. The van der Waals surface area contributed by atoms with Gasteiger partial charge in [0.2, 0.25) is 5.91 Å². The molecule has 222 valence electrons. The summed E-state index contributed by atoms with van der Waals surface area (Å²) >= 11 is 0. The van der Waals surface area contributed by atoms with Gasteiger partial charge in [0.15, 0.2) is 0 Å². The number of pyridine rings is 1. The minimum Gasteiger partial charge on any atom is -0.496 e. The van der Waals surface area contributed by atoms with E-state index >= 15 is 4.39 Å². The molecule has 0 saturated carbocycles. The fourth-order valence-electron chi connectivity index (χ4n) is 5.59. The summed E-state index contributed by atoms with van der Waals surface area (Å²) in [7, 11) is 3.13. The summed E-state index contributed by atoms with van der Waals surface area (Å²) in [6.45, 7) is 4.73. The zero-order chi connectivity index (χ0) is 30.7. The normalized spacial score (nSPS) is 14.4. The van der Waals surface area contributed by atoms with Crippen molar-refractivity contribution >= 4 is 17.5 Å². The fourth-order valence-corrected chi connectivity index (χ4v) is 5.59. The molecule has 1 aliphatic heterocycles. The van der Waals surface area contributed by atoms with Crippen LogP contribution in [0.1, 0.15) is 39.9 Å². The van der Waals surface area contributed by atoms with Crippen LogP contribution in [0.15, 0.2) is 71.7 Å². The number of nitrogens with one attached hydrogen (secondary N) is 3. The zero-order valence-corrected chi connectivity index (χ0v) is 24.7. The number of hydrogen-bond acceptors (Lipinski definition) is 5. The monoisotopic (exact) mass is 582 g/mol. The first-order valence-electron chi connectivity index (χ1n) is 14.2. The van der Waals surface area contributed by atoms with E-state index in [0.29, 0.717) is 35.5 Å². The standard InChI is InChI=1S/C34H35FN4O4/c1-20-24(22-16-29(35)28(31(17-22)43-4)19-36-18-23-13-14-32(40)37-23)8-5-9-25(20)26-10-6-12-30(21(26)2)38-33(41)27-11-7-15-39(3)34(27)42/h5-12,15-17,23,36H,13-14,18-19H2,1-4H3,(H,37,40)(H,38,41)/t23-/m0/s1. The molecule has 5 rings (SSSR count). The molecule has 0 radical (unpaired) electrons. The van der Waals surface area contributed by atoms with Crippen LogP contribution in [0.25, 0.3) is 22.3 Å². The predicted octanol–water partition coefficient (Wildman–Crippen LogP) is 5.10. The molecule has 4 aromatic rings. The average molecular weight is 583 g/mol. The summed E-state index contributed by atoms with van der Waals surface area (Å²) in [5, 5.41) is 9.04. The van der Waals surface area contributed by atoms with Crippen LogP contribution < -0.4 is 26.2 Å². The van der Waals surface area contributed by atoms with Crippen molar-refractivity contribution in [3.63, 3.8) is 0 Å². The van der Waals surface area contributed by atoms with Gasteiger partial charge in [-0.3, -0.25) is 14.4 Å². The van der Waals surface area contributed by atoms with Gasteiger partial charge >= 0.3 is 0 Å². The lowest BCUT2D eigenvalue weighted by Crippen LogP contribution is -2.35. The molecule has 2 heterocycles. The van der Waals surface area contributed by atoms with Crippen molar-refractivity contribution in [2.75, 3.05) is 19.0 Å². The molecule has 1 aliphatic rings. The Balaban J connectivity index is 1.42. The second-order valence-corrected chi connectivity index (χ2v) is 10.8. The van der Waals surface area contributed by atoms with Gasteiger partial charge in [-0.25, -0.2) is 4.39 Å². The second-order valence-electron chi connectivity index (χ2n) is 10.8. The molecule has 3 N–H and O–H groups in total.